The van der Waals surface area contributed by atoms with Crippen molar-refractivity contribution in [2.24, 2.45) is 0 Å². The van der Waals surface area contributed by atoms with Crippen LogP contribution >= 0.6 is 0 Å². The third-order valence-electron chi connectivity index (χ3n) is 6.42. The van der Waals surface area contributed by atoms with Crippen LogP contribution < -0.4 is 9.47 Å². The summed E-state index contributed by atoms with van der Waals surface area (Å²) in [6.07, 6.45) is 8.60. The Morgan fingerprint density at radius 2 is 1.38 bits per heavy atom. The average molecular weight is 457 g/mol. The first-order chi connectivity index (χ1) is 16.7. The largest absolute Gasteiger partial charge is 0.419 e. The summed E-state index contributed by atoms with van der Waals surface area (Å²) in [5.74, 6) is 0.0801. The molecular weight excluding hydrogens is 424 g/mol. The van der Waals surface area contributed by atoms with Crippen molar-refractivity contribution in [2.75, 3.05) is 0 Å². The highest BCUT2D eigenvalue weighted by atomic mass is 16.6. The van der Waals surface area contributed by atoms with Crippen LogP contribution in [-0.2, 0) is 6.42 Å². The molecule has 0 bridgehead atoms. The van der Waals surface area contributed by atoms with Crippen LogP contribution in [0.2, 0.25) is 0 Å². The Bertz CT molecular complexity index is 1100. The van der Waals surface area contributed by atoms with Gasteiger partial charge in [0.15, 0.2) is 11.5 Å². The number of ether oxygens (including phenoxy) is 2. The fraction of sp³-hybridized carbons (Fsp3) is 0.333. The van der Waals surface area contributed by atoms with Gasteiger partial charge in [-0.1, -0.05) is 75.1 Å². The van der Waals surface area contributed by atoms with E-state index in [1.54, 1.807) is 36.4 Å². The molecule has 4 heteroatoms. The summed E-state index contributed by atoms with van der Waals surface area (Å²) >= 11 is 0. The number of unbranched alkanes of at least 4 members (excludes halogenated alkanes) is 1. The van der Waals surface area contributed by atoms with Crippen LogP contribution in [0.4, 0.5) is 0 Å². The van der Waals surface area contributed by atoms with Gasteiger partial charge in [-0.3, -0.25) is 0 Å². The van der Waals surface area contributed by atoms with E-state index in [2.05, 4.69) is 13.0 Å². The molecule has 4 nitrogen and oxygen atoms in total. The normalized spacial score (nSPS) is 13.9. The maximum Gasteiger partial charge on any atom is 0.343 e. The Morgan fingerprint density at radius 3 is 1.97 bits per heavy atom. The lowest BCUT2D eigenvalue weighted by atomic mass is 9.82. The maximum atomic E-state index is 13.1. The molecule has 0 unspecified atom stereocenters. The standard InChI is InChI=1S/C30H32O4/c1-2-3-13-22-20-26(23-14-7-4-8-15-23)28(34-30(32)25-18-11-6-12-19-25)27(21-22)33-29(31)24-16-9-5-10-17-24/h5-6,9-12,16-21,23H,2-4,7-8,13-15H2,1H3. The van der Waals surface area contributed by atoms with E-state index in [9.17, 15) is 9.59 Å². The lowest BCUT2D eigenvalue weighted by Gasteiger charge is -2.26. The van der Waals surface area contributed by atoms with Crippen LogP contribution in [0.3, 0.4) is 0 Å². The van der Waals surface area contributed by atoms with Gasteiger partial charge in [0.25, 0.3) is 0 Å². The number of hydrogen-bond acceptors (Lipinski definition) is 4. The van der Waals surface area contributed by atoms with E-state index >= 15 is 0 Å². The van der Waals surface area contributed by atoms with Crippen molar-refractivity contribution in [3.63, 3.8) is 0 Å². The molecule has 3 aromatic rings. The number of benzene rings is 3. The van der Waals surface area contributed by atoms with Gasteiger partial charge in [-0.15, -0.1) is 0 Å². The van der Waals surface area contributed by atoms with Gasteiger partial charge in [0, 0.05) is 5.56 Å². The molecule has 0 heterocycles. The number of esters is 2. The van der Waals surface area contributed by atoms with Crippen molar-refractivity contribution in [3.05, 3.63) is 95.1 Å². The minimum absolute atomic E-state index is 0.281. The lowest BCUT2D eigenvalue weighted by molar-refractivity contribution is 0.0680. The van der Waals surface area contributed by atoms with Gasteiger partial charge in [-0.2, -0.15) is 0 Å². The fourth-order valence-electron chi connectivity index (χ4n) is 4.57. The summed E-state index contributed by atoms with van der Waals surface area (Å²) < 4.78 is 11.9. The summed E-state index contributed by atoms with van der Waals surface area (Å²) in [6.45, 7) is 2.16. The van der Waals surface area contributed by atoms with Crippen LogP contribution in [0.1, 0.15) is 89.6 Å². The second kappa shape index (κ2) is 11.6. The fourth-order valence-corrected chi connectivity index (χ4v) is 4.57. The van der Waals surface area contributed by atoms with Crippen molar-refractivity contribution in [1.29, 1.82) is 0 Å². The van der Waals surface area contributed by atoms with Crippen molar-refractivity contribution >= 4 is 11.9 Å². The van der Waals surface area contributed by atoms with Crippen LogP contribution in [0.25, 0.3) is 0 Å². The Labute approximate surface area is 201 Å². The minimum Gasteiger partial charge on any atom is -0.419 e. The first-order valence-corrected chi connectivity index (χ1v) is 12.4. The Morgan fingerprint density at radius 1 is 0.794 bits per heavy atom. The second-order valence-electron chi connectivity index (χ2n) is 8.96. The van der Waals surface area contributed by atoms with Crippen molar-refractivity contribution in [2.45, 2.75) is 64.2 Å². The maximum absolute atomic E-state index is 13.1. The zero-order valence-corrected chi connectivity index (χ0v) is 19.8. The molecule has 34 heavy (non-hydrogen) atoms. The third-order valence-corrected chi connectivity index (χ3v) is 6.42. The summed E-state index contributed by atoms with van der Waals surface area (Å²) in [5.41, 5.74) is 3.01. The smallest absolute Gasteiger partial charge is 0.343 e. The summed E-state index contributed by atoms with van der Waals surface area (Å²) in [6, 6.07) is 21.9. The summed E-state index contributed by atoms with van der Waals surface area (Å²) in [5, 5.41) is 0. The molecule has 176 valence electrons. The van der Waals surface area contributed by atoms with Gasteiger partial charge in [-0.25, -0.2) is 9.59 Å². The van der Waals surface area contributed by atoms with Gasteiger partial charge >= 0.3 is 11.9 Å². The molecule has 0 radical (unpaired) electrons. The molecule has 0 amide bonds. The first kappa shape index (κ1) is 23.7. The Kier molecular flexibility index (Phi) is 8.13. The van der Waals surface area contributed by atoms with E-state index in [0.717, 1.165) is 56.1 Å². The van der Waals surface area contributed by atoms with E-state index < -0.39 is 11.9 Å². The first-order valence-electron chi connectivity index (χ1n) is 12.4. The van der Waals surface area contributed by atoms with Crippen LogP contribution in [0.15, 0.2) is 72.8 Å². The van der Waals surface area contributed by atoms with Crippen LogP contribution in [-0.4, -0.2) is 11.9 Å². The van der Waals surface area contributed by atoms with Crippen molar-refractivity contribution in [3.8, 4) is 11.5 Å². The number of aryl methyl sites for hydroxylation is 1. The van der Waals surface area contributed by atoms with Crippen LogP contribution in [0, 0.1) is 0 Å². The number of rotatable bonds is 8. The summed E-state index contributed by atoms with van der Waals surface area (Å²) in [4.78, 5) is 26.0. The SMILES string of the molecule is CCCCc1cc(OC(=O)c2ccccc2)c(OC(=O)c2ccccc2)c(C2CCCCC2)c1. The van der Waals surface area contributed by atoms with Crippen LogP contribution in [0.5, 0.6) is 11.5 Å². The molecule has 3 aromatic carbocycles. The van der Waals surface area contributed by atoms with Gasteiger partial charge < -0.3 is 9.47 Å². The molecule has 1 aliphatic carbocycles. The quantitative estimate of drug-likeness (QED) is 0.260. The molecule has 0 atom stereocenters. The van der Waals surface area contributed by atoms with E-state index in [1.165, 1.54) is 6.42 Å². The lowest BCUT2D eigenvalue weighted by Crippen LogP contribution is -2.16. The average Bonchev–Trinajstić information content (AvgIpc) is 2.90. The molecule has 0 aliphatic heterocycles. The van der Waals surface area contributed by atoms with Gasteiger partial charge in [0.05, 0.1) is 11.1 Å². The van der Waals surface area contributed by atoms with E-state index in [4.69, 9.17) is 9.47 Å². The predicted molar refractivity (Wildman–Crippen MR) is 134 cm³/mol. The molecule has 0 aromatic heterocycles. The van der Waals surface area contributed by atoms with E-state index in [0.29, 0.717) is 22.6 Å². The minimum atomic E-state index is -0.458. The van der Waals surface area contributed by atoms with Gasteiger partial charge in [0.2, 0.25) is 0 Å². The second-order valence-corrected chi connectivity index (χ2v) is 8.96. The highest BCUT2D eigenvalue weighted by Crippen LogP contribution is 2.43. The Hall–Kier alpha value is -3.40. The molecule has 0 saturated heterocycles. The van der Waals surface area contributed by atoms with E-state index in [-0.39, 0.29) is 5.92 Å². The summed E-state index contributed by atoms with van der Waals surface area (Å²) in [7, 11) is 0. The third kappa shape index (κ3) is 5.93. The zero-order chi connectivity index (χ0) is 23.8. The molecule has 0 N–H and O–H groups in total. The molecule has 1 aliphatic rings. The van der Waals surface area contributed by atoms with Crippen molar-refractivity contribution < 1.29 is 19.1 Å². The van der Waals surface area contributed by atoms with Gasteiger partial charge in [0.1, 0.15) is 0 Å². The molecule has 1 fully saturated rings. The molecule has 0 spiro atoms. The number of carbonyl (C=O) groups excluding carboxylic acids is 2. The topological polar surface area (TPSA) is 52.6 Å². The molecule has 4 rings (SSSR count). The van der Waals surface area contributed by atoms with Gasteiger partial charge in [-0.05, 0) is 67.5 Å². The number of hydrogen-bond donors (Lipinski definition) is 0. The molecule has 1 saturated carbocycles. The predicted octanol–water partition coefficient (Wildman–Crippen LogP) is 7.52. The van der Waals surface area contributed by atoms with E-state index in [1.807, 2.05) is 30.3 Å². The number of carbonyl (C=O) groups is 2. The molecular formula is C30H32O4. The highest BCUT2D eigenvalue weighted by molar-refractivity contribution is 5.93. The van der Waals surface area contributed by atoms with Crippen molar-refractivity contribution in [1.82, 2.24) is 0 Å². The monoisotopic (exact) mass is 456 g/mol. The highest BCUT2D eigenvalue weighted by Gasteiger charge is 2.26. The Balaban J connectivity index is 1.76. The zero-order valence-electron chi connectivity index (χ0n) is 19.8.